The van der Waals surface area contributed by atoms with Crippen LogP contribution in [0.25, 0.3) is 11.6 Å². The molecular weight excluding hydrogens is 379 g/mol. The molecule has 0 unspecified atom stereocenters. The number of benzene rings is 2. The molecule has 0 aliphatic heterocycles. The second kappa shape index (κ2) is 8.08. The molecule has 0 amide bonds. The van der Waals surface area contributed by atoms with Gasteiger partial charge in [0.05, 0.1) is 4.90 Å². The van der Waals surface area contributed by atoms with E-state index in [1.807, 2.05) is 6.08 Å². The third-order valence-electron chi connectivity index (χ3n) is 5.86. The first-order valence-electron chi connectivity index (χ1n) is 9.30. The van der Waals surface area contributed by atoms with Crippen LogP contribution in [0, 0.1) is 0 Å². The molecule has 0 saturated carbocycles. The summed E-state index contributed by atoms with van der Waals surface area (Å²) in [4.78, 5) is -0.199. The van der Waals surface area contributed by atoms with Crippen molar-refractivity contribution in [2.75, 3.05) is 0 Å². The second-order valence-electron chi connectivity index (χ2n) is 8.88. The van der Waals surface area contributed by atoms with E-state index in [0.29, 0.717) is 0 Å². The Balaban J connectivity index is 0.00000280. The molecule has 1 aliphatic rings. The molecule has 5 heteroatoms. The topological polar surface area (TPSA) is 57.2 Å². The molecule has 0 N–H and O–H groups in total. The zero-order valence-electron chi connectivity index (χ0n) is 17.7. The van der Waals surface area contributed by atoms with Crippen LogP contribution < -0.4 is 29.6 Å². The van der Waals surface area contributed by atoms with Crippen molar-refractivity contribution in [2.45, 2.75) is 63.2 Å². The van der Waals surface area contributed by atoms with E-state index < -0.39 is 10.1 Å². The Morgan fingerprint density at radius 3 is 2.00 bits per heavy atom. The van der Waals surface area contributed by atoms with Crippen LogP contribution in [0.1, 0.15) is 69.7 Å². The van der Waals surface area contributed by atoms with Crippen molar-refractivity contribution in [3.05, 3.63) is 64.7 Å². The van der Waals surface area contributed by atoms with E-state index in [2.05, 4.69) is 52.8 Å². The molecule has 1 aliphatic carbocycles. The smallest absolute Gasteiger partial charge is 0.744 e. The Kier molecular flexibility index (Phi) is 6.74. The van der Waals surface area contributed by atoms with Gasteiger partial charge in [-0.15, -0.1) is 0 Å². The first kappa shape index (κ1) is 23.4. The van der Waals surface area contributed by atoms with Crippen LogP contribution in [0.15, 0.2) is 47.4 Å². The summed E-state index contributed by atoms with van der Waals surface area (Å²) in [6.45, 7) is 11.3. The van der Waals surface area contributed by atoms with Crippen molar-refractivity contribution >= 4 is 21.8 Å². The van der Waals surface area contributed by atoms with Crippen LogP contribution in [0.3, 0.4) is 0 Å². The van der Waals surface area contributed by atoms with Gasteiger partial charge in [0.25, 0.3) is 0 Å². The van der Waals surface area contributed by atoms with Crippen LogP contribution in [0.4, 0.5) is 0 Å². The predicted molar refractivity (Wildman–Crippen MR) is 110 cm³/mol. The van der Waals surface area contributed by atoms with Gasteiger partial charge in [-0.05, 0) is 70.6 Å². The largest absolute Gasteiger partial charge is 1.00 e. The van der Waals surface area contributed by atoms with Gasteiger partial charge < -0.3 is 4.55 Å². The minimum atomic E-state index is -4.41. The fourth-order valence-electron chi connectivity index (χ4n) is 3.90. The van der Waals surface area contributed by atoms with Gasteiger partial charge in [-0.3, -0.25) is 0 Å². The van der Waals surface area contributed by atoms with Crippen molar-refractivity contribution in [3.63, 3.8) is 0 Å². The molecule has 2 aromatic carbocycles. The molecule has 3 nitrogen and oxygen atoms in total. The van der Waals surface area contributed by atoms with E-state index >= 15 is 0 Å². The van der Waals surface area contributed by atoms with Gasteiger partial charge in [-0.25, -0.2) is 8.42 Å². The van der Waals surface area contributed by atoms with Gasteiger partial charge in [0.2, 0.25) is 0 Å². The van der Waals surface area contributed by atoms with Crippen molar-refractivity contribution in [3.8, 4) is 0 Å². The Morgan fingerprint density at radius 2 is 1.46 bits per heavy atom. The molecule has 0 spiro atoms. The molecule has 0 saturated heterocycles. The van der Waals surface area contributed by atoms with Gasteiger partial charge in [0.1, 0.15) is 10.1 Å². The summed E-state index contributed by atoms with van der Waals surface area (Å²) in [6.07, 6.45) is 4.38. The number of hydrogen-bond donors (Lipinski definition) is 0. The third kappa shape index (κ3) is 4.80. The van der Waals surface area contributed by atoms with Gasteiger partial charge in [0, 0.05) is 0 Å². The van der Waals surface area contributed by atoms with Crippen LogP contribution in [0.5, 0.6) is 0 Å². The van der Waals surface area contributed by atoms with E-state index in [1.165, 1.54) is 41.7 Å². The van der Waals surface area contributed by atoms with Crippen molar-refractivity contribution in [2.24, 2.45) is 0 Å². The molecule has 0 heterocycles. The van der Waals surface area contributed by atoms with Crippen LogP contribution >= 0.6 is 0 Å². The zero-order valence-corrected chi connectivity index (χ0v) is 20.5. The van der Waals surface area contributed by atoms with Crippen molar-refractivity contribution in [1.29, 1.82) is 0 Å². The summed E-state index contributed by atoms with van der Waals surface area (Å²) < 4.78 is 33.2. The Morgan fingerprint density at radius 1 is 0.929 bits per heavy atom. The first-order valence-corrected chi connectivity index (χ1v) is 10.7. The minimum Gasteiger partial charge on any atom is -0.744 e. The van der Waals surface area contributed by atoms with E-state index in [0.717, 1.165) is 11.1 Å². The summed E-state index contributed by atoms with van der Waals surface area (Å²) in [6, 6.07) is 12.8. The number of rotatable bonds is 3. The summed E-state index contributed by atoms with van der Waals surface area (Å²) in [5.41, 5.74) is 6.34. The average molecular weight is 407 g/mol. The third-order valence-corrected chi connectivity index (χ3v) is 6.71. The second-order valence-corrected chi connectivity index (χ2v) is 10.3. The van der Waals surface area contributed by atoms with Gasteiger partial charge in [0.15, 0.2) is 0 Å². The van der Waals surface area contributed by atoms with Gasteiger partial charge in [-0.1, -0.05) is 64.1 Å². The molecule has 144 valence electrons. The van der Waals surface area contributed by atoms with Gasteiger partial charge in [-0.2, -0.15) is 0 Å². The standard InChI is InChI=1S/C23H28O3S.Na/c1-16(14-17-6-9-19(10-7-17)27(24,25)26)18-8-11-20-21(15-18)23(4,5)13-12-22(20,2)3;/h6-11,14-15H,12-13H2,1-5H3,(H,24,25,26);/q;+1/p-1. The number of allylic oxidation sites excluding steroid dienone is 1. The van der Waals surface area contributed by atoms with E-state index in [9.17, 15) is 13.0 Å². The molecule has 28 heavy (non-hydrogen) atoms. The van der Waals surface area contributed by atoms with Crippen molar-refractivity contribution in [1.82, 2.24) is 0 Å². The van der Waals surface area contributed by atoms with E-state index in [1.54, 1.807) is 12.1 Å². The van der Waals surface area contributed by atoms with Gasteiger partial charge >= 0.3 is 29.6 Å². The number of fused-ring (bicyclic) bond motifs is 1. The average Bonchev–Trinajstić information content (AvgIpc) is 2.58. The van der Waals surface area contributed by atoms with Crippen molar-refractivity contribution < 1.29 is 42.5 Å². The van der Waals surface area contributed by atoms with E-state index in [-0.39, 0.29) is 45.3 Å². The molecule has 3 rings (SSSR count). The maximum Gasteiger partial charge on any atom is 1.00 e. The summed E-state index contributed by atoms with van der Waals surface area (Å²) in [5.74, 6) is 0. The molecule has 0 bridgehead atoms. The van der Waals surface area contributed by atoms with E-state index in [4.69, 9.17) is 0 Å². The Bertz CT molecular complexity index is 1000. The monoisotopic (exact) mass is 406 g/mol. The molecular formula is C23H27NaO3S. The SMILES string of the molecule is CC(=Cc1ccc(S(=O)(=O)[O-])cc1)c1ccc2c(c1)C(C)(C)CCC2(C)C.[Na+]. The zero-order chi connectivity index (χ0) is 20.0. The first-order chi connectivity index (χ1) is 12.4. The maximum atomic E-state index is 11.1. The maximum absolute atomic E-state index is 11.1. The fourth-order valence-corrected chi connectivity index (χ4v) is 4.37. The van der Waals surface area contributed by atoms with Crippen LogP contribution in [0.2, 0.25) is 0 Å². The quantitative estimate of drug-likeness (QED) is 0.447. The molecule has 0 radical (unpaired) electrons. The molecule has 0 aromatic heterocycles. The summed E-state index contributed by atoms with van der Waals surface area (Å²) in [7, 11) is -4.41. The minimum absolute atomic E-state index is 0. The molecule has 2 aromatic rings. The Labute approximate surface area is 191 Å². The summed E-state index contributed by atoms with van der Waals surface area (Å²) in [5, 5.41) is 0. The fraction of sp³-hybridized carbons (Fsp3) is 0.391. The molecule has 0 fully saturated rings. The molecule has 0 atom stereocenters. The normalized spacial score (nSPS) is 18.1. The Hall–Kier alpha value is -0.910. The predicted octanol–water partition coefficient (Wildman–Crippen LogP) is 2.50. The van der Waals surface area contributed by atoms with Crippen LogP contribution in [-0.4, -0.2) is 13.0 Å². The number of hydrogen-bond acceptors (Lipinski definition) is 3. The summed E-state index contributed by atoms with van der Waals surface area (Å²) >= 11 is 0. The van der Waals surface area contributed by atoms with Crippen LogP contribution in [-0.2, 0) is 20.9 Å².